The van der Waals surface area contributed by atoms with E-state index in [4.69, 9.17) is 0 Å². The fourth-order valence-electron chi connectivity index (χ4n) is 3.12. The Bertz CT molecular complexity index is 412. The van der Waals surface area contributed by atoms with Crippen LogP contribution in [0.3, 0.4) is 0 Å². The summed E-state index contributed by atoms with van der Waals surface area (Å²) in [4.78, 5) is 23.4. The van der Waals surface area contributed by atoms with Crippen LogP contribution in [0.1, 0.15) is 53.9 Å². The van der Waals surface area contributed by atoms with Gasteiger partial charge in [-0.1, -0.05) is 33.8 Å². The predicted octanol–water partition coefficient (Wildman–Crippen LogP) is 2.98. The van der Waals surface area contributed by atoms with Gasteiger partial charge in [0.25, 0.3) is 0 Å². The summed E-state index contributed by atoms with van der Waals surface area (Å²) in [5, 5.41) is 12.4. The van der Waals surface area contributed by atoms with Crippen LogP contribution in [0.15, 0.2) is 11.6 Å². The number of aliphatic carboxylic acids is 1. The molecule has 0 aromatic rings. The molecule has 3 unspecified atom stereocenters. The molecule has 1 aliphatic carbocycles. The van der Waals surface area contributed by atoms with Gasteiger partial charge in [-0.3, -0.25) is 9.59 Å². The Morgan fingerprint density at radius 2 is 1.95 bits per heavy atom. The number of rotatable bonds is 4. The Hall–Kier alpha value is -1.32. The van der Waals surface area contributed by atoms with Crippen molar-refractivity contribution in [3.05, 3.63) is 11.6 Å². The minimum Gasteiger partial charge on any atom is -0.481 e. The molecule has 4 nitrogen and oxygen atoms in total. The van der Waals surface area contributed by atoms with Crippen LogP contribution >= 0.6 is 0 Å². The number of amides is 1. The topological polar surface area (TPSA) is 66.4 Å². The molecule has 0 aromatic heterocycles. The summed E-state index contributed by atoms with van der Waals surface area (Å²) in [7, 11) is 0. The first kappa shape index (κ1) is 16.7. The fraction of sp³-hybridized carbons (Fsp3) is 0.750. The van der Waals surface area contributed by atoms with Crippen molar-refractivity contribution >= 4 is 11.9 Å². The highest BCUT2D eigenvalue weighted by Crippen LogP contribution is 2.45. The van der Waals surface area contributed by atoms with Gasteiger partial charge >= 0.3 is 5.97 Å². The van der Waals surface area contributed by atoms with Crippen molar-refractivity contribution in [2.45, 2.75) is 59.9 Å². The van der Waals surface area contributed by atoms with Crippen molar-refractivity contribution in [1.29, 1.82) is 0 Å². The molecule has 20 heavy (non-hydrogen) atoms. The van der Waals surface area contributed by atoms with Crippen molar-refractivity contribution < 1.29 is 14.7 Å². The number of nitrogens with one attached hydrogen (secondary N) is 1. The molecule has 1 amide bonds. The molecule has 0 radical (unpaired) electrons. The van der Waals surface area contributed by atoms with E-state index in [1.807, 2.05) is 40.7 Å². The molecule has 2 N–H and O–H groups in total. The zero-order valence-corrected chi connectivity index (χ0v) is 13.2. The van der Waals surface area contributed by atoms with Crippen molar-refractivity contribution in [2.24, 2.45) is 17.3 Å². The zero-order chi connectivity index (χ0) is 15.5. The van der Waals surface area contributed by atoms with Crippen LogP contribution < -0.4 is 5.32 Å². The Balaban J connectivity index is 2.79. The molecular formula is C16H27NO3. The summed E-state index contributed by atoms with van der Waals surface area (Å²) in [5.74, 6) is -0.962. The molecule has 3 atom stereocenters. The maximum absolute atomic E-state index is 12.1. The van der Waals surface area contributed by atoms with Gasteiger partial charge in [-0.05, 0) is 37.5 Å². The molecule has 1 saturated carbocycles. The van der Waals surface area contributed by atoms with Crippen LogP contribution in [0.4, 0.5) is 0 Å². The predicted molar refractivity (Wildman–Crippen MR) is 79.3 cm³/mol. The molecule has 1 rings (SSSR count). The molecule has 0 heterocycles. The first-order valence-electron chi connectivity index (χ1n) is 7.42. The molecule has 114 valence electrons. The van der Waals surface area contributed by atoms with Gasteiger partial charge in [-0.15, -0.1) is 0 Å². The van der Waals surface area contributed by atoms with Gasteiger partial charge in [0.1, 0.15) is 0 Å². The van der Waals surface area contributed by atoms with Gasteiger partial charge in [0.05, 0.1) is 5.92 Å². The standard InChI is InChI=1S/C16H27NO3/c1-6-7-10(2)14(18)17-13-9-8-12(15(19)20)16(4,5)11(13)3/h7,11-13H,6,8-9H2,1-5H3,(H,17,18)(H,19,20)/b10-7-. The van der Waals surface area contributed by atoms with E-state index >= 15 is 0 Å². The van der Waals surface area contributed by atoms with Crippen molar-refractivity contribution in [2.75, 3.05) is 0 Å². The van der Waals surface area contributed by atoms with Gasteiger partial charge in [0.2, 0.25) is 5.91 Å². The van der Waals surface area contributed by atoms with Crippen LogP contribution in [0.2, 0.25) is 0 Å². The van der Waals surface area contributed by atoms with Crippen LogP contribution in [0, 0.1) is 17.3 Å². The normalized spacial score (nSPS) is 29.9. The summed E-state index contributed by atoms with van der Waals surface area (Å²) in [6.45, 7) is 9.84. The second-order valence-corrected chi connectivity index (χ2v) is 6.45. The molecule has 0 spiro atoms. The number of hydrogen-bond donors (Lipinski definition) is 2. The summed E-state index contributed by atoms with van der Waals surface area (Å²) in [6, 6.07) is 0.0494. The van der Waals surface area contributed by atoms with E-state index in [0.29, 0.717) is 6.42 Å². The number of carbonyl (C=O) groups is 2. The summed E-state index contributed by atoms with van der Waals surface area (Å²) in [5.41, 5.74) is 0.419. The van der Waals surface area contributed by atoms with E-state index in [2.05, 4.69) is 5.32 Å². The lowest BCUT2D eigenvalue weighted by atomic mass is 9.61. The minimum atomic E-state index is -0.728. The maximum Gasteiger partial charge on any atom is 0.307 e. The SMILES string of the molecule is CC/C=C(/C)C(=O)NC1CCC(C(=O)O)C(C)(C)C1C. The molecule has 1 aliphatic rings. The fourth-order valence-corrected chi connectivity index (χ4v) is 3.12. The summed E-state index contributed by atoms with van der Waals surface area (Å²) >= 11 is 0. The van der Waals surface area contributed by atoms with E-state index in [1.165, 1.54) is 0 Å². The van der Waals surface area contributed by atoms with Gasteiger partial charge < -0.3 is 10.4 Å². The average molecular weight is 281 g/mol. The minimum absolute atomic E-state index is 0.0340. The number of carboxylic acid groups (broad SMARTS) is 1. The van der Waals surface area contributed by atoms with Gasteiger partial charge in [-0.2, -0.15) is 0 Å². The third-order valence-electron chi connectivity index (χ3n) is 4.92. The number of carboxylic acids is 1. The second kappa shape index (κ2) is 6.42. The number of carbonyl (C=O) groups excluding carboxylic acids is 1. The third-order valence-corrected chi connectivity index (χ3v) is 4.92. The highest BCUT2D eigenvalue weighted by molar-refractivity contribution is 5.93. The largest absolute Gasteiger partial charge is 0.481 e. The van der Waals surface area contributed by atoms with Gasteiger partial charge in [0.15, 0.2) is 0 Å². The van der Waals surface area contributed by atoms with E-state index in [-0.39, 0.29) is 29.2 Å². The van der Waals surface area contributed by atoms with Gasteiger partial charge in [-0.25, -0.2) is 0 Å². The molecule has 0 aromatic carbocycles. The first-order valence-corrected chi connectivity index (χ1v) is 7.42. The lowest BCUT2D eigenvalue weighted by molar-refractivity contribution is -0.150. The lowest BCUT2D eigenvalue weighted by Gasteiger charge is -2.46. The summed E-state index contributed by atoms with van der Waals surface area (Å²) < 4.78 is 0. The van der Waals surface area contributed by atoms with Gasteiger partial charge in [0, 0.05) is 11.6 Å². The molecule has 0 bridgehead atoms. The Morgan fingerprint density at radius 3 is 2.45 bits per heavy atom. The maximum atomic E-state index is 12.1. The average Bonchev–Trinajstić information content (AvgIpc) is 2.34. The second-order valence-electron chi connectivity index (χ2n) is 6.45. The molecule has 0 saturated heterocycles. The van der Waals surface area contributed by atoms with E-state index < -0.39 is 5.97 Å². The monoisotopic (exact) mass is 281 g/mol. The third kappa shape index (κ3) is 3.41. The molecule has 0 aliphatic heterocycles. The number of hydrogen-bond acceptors (Lipinski definition) is 2. The van der Waals surface area contributed by atoms with Crippen LogP contribution in [-0.2, 0) is 9.59 Å². The molecule has 4 heteroatoms. The Morgan fingerprint density at radius 1 is 1.35 bits per heavy atom. The van der Waals surface area contributed by atoms with Crippen LogP contribution in [0.25, 0.3) is 0 Å². The molecular weight excluding hydrogens is 254 g/mol. The van der Waals surface area contributed by atoms with E-state index in [0.717, 1.165) is 18.4 Å². The quantitative estimate of drug-likeness (QED) is 0.778. The number of allylic oxidation sites excluding steroid dienone is 1. The lowest BCUT2D eigenvalue weighted by Crippen LogP contribution is -2.52. The van der Waals surface area contributed by atoms with Crippen molar-refractivity contribution in [3.8, 4) is 0 Å². The Labute approximate surface area is 121 Å². The van der Waals surface area contributed by atoms with Crippen LogP contribution in [0.5, 0.6) is 0 Å². The zero-order valence-electron chi connectivity index (χ0n) is 13.2. The Kier molecular flexibility index (Phi) is 5.37. The highest BCUT2D eigenvalue weighted by atomic mass is 16.4. The smallest absolute Gasteiger partial charge is 0.307 e. The first-order chi connectivity index (χ1) is 9.21. The van der Waals surface area contributed by atoms with Crippen molar-refractivity contribution in [1.82, 2.24) is 5.32 Å². The van der Waals surface area contributed by atoms with Crippen LogP contribution in [-0.4, -0.2) is 23.0 Å². The van der Waals surface area contributed by atoms with E-state index in [1.54, 1.807) is 0 Å². The molecule has 1 fully saturated rings. The van der Waals surface area contributed by atoms with E-state index in [9.17, 15) is 14.7 Å². The summed E-state index contributed by atoms with van der Waals surface area (Å²) in [6.07, 6.45) is 4.10. The van der Waals surface area contributed by atoms with Crippen molar-refractivity contribution in [3.63, 3.8) is 0 Å². The highest BCUT2D eigenvalue weighted by Gasteiger charge is 2.46.